The molecule has 0 saturated carbocycles. The van der Waals surface area contributed by atoms with Gasteiger partial charge in [0.05, 0.1) is 34.2 Å². The van der Waals surface area contributed by atoms with Crippen LogP contribution in [0.25, 0.3) is 0 Å². The number of fused-ring (bicyclic) bond motifs is 1. The molecule has 3 atom stereocenters. The van der Waals surface area contributed by atoms with Crippen molar-refractivity contribution in [1.29, 1.82) is 0 Å². The second-order valence-electron chi connectivity index (χ2n) is 12.0. The van der Waals surface area contributed by atoms with E-state index in [2.05, 4.69) is 41.7 Å². The summed E-state index contributed by atoms with van der Waals surface area (Å²) in [5.74, 6) is -0.785. The van der Waals surface area contributed by atoms with E-state index in [9.17, 15) is 9.00 Å². The summed E-state index contributed by atoms with van der Waals surface area (Å²) in [6, 6.07) is 4.59. The number of rotatable bonds is 7. The molecule has 0 amide bonds. The monoisotopic (exact) mass is 615 g/mol. The molecule has 208 valence electrons. The Hall–Kier alpha value is -1.13. The first-order valence-electron chi connectivity index (χ1n) is 13.4. The maximum absolute atomic E-state index is 16.7. The molecule has 2 aliphatic rings. The number of esters is 1. The molecule has 6 nitrogen and oxygen atoms in total. The smallest absolute Gasteiger partial charge is 0.312 e. The van der Waals surface area contributed by atoms with Crippen LogP contribution in [-0.4, -0.2) is 51.1 Å². The van der Waals surface area contributed by atoms with Gasteiger partial charge in [-0.15, -0.1) is 0 Å². The highest BCUT2D eigenvalue weighted by molar-refractivity contribution is 9.10. The van der Waals surface area contributed by atoms with Crippen molar-refractivity contribution < 1.29 is 18.1 Å². The van der Waals surface area contributed by atoms with Gasteiger partial charge in [0.1, 0.15) is 27.3 Å². The first kappa shape index (κ1) is 30.4. The fraction of sp³-hybridized carbons (Fsp3) is 0.741. The SMILES string of the molecule is CC[Si](CC)(CC)c1cc(Br)nc([C@@]2(C)N=C(CC(=O)OC(C)(C)C)C(C)(C)[S@]3(=O)=NCCCC23)c1F. The fourth-order valence-corrected chi connectivity index (χ4v) is 13.6. The number of aromatic nitrogens is 1. The van der Waals surface area contributed by atoms with Gasteiger partial charge in [0, 0.05) is 12.3 Å². The summed E-state index contributed by atoms with van der Waals surface area (Å²) in [5.41, 5.74) is -1.26. The lowest BCUT2D eigenvalue weighted by molar-refractivity contribution is -0.153. The van der Waals surface area contributed by atoms with Crippen LogP contribution < -0.4 is 5.19 Å². The highest BCUT2D eigenvalue weighted by atomic mass is 79.9. The standard InChI is InChI=1S/C27H43BrFN3O3SSi/c1-10-37(11-2,12-3)18-16-21(28)31-24(23(18)29)27(9)20-14-13-15-30-36(20,34)26(7,8)19(32-27)17-22(33)35-25(4,5)6/h16,20H,10-15,17H2,1-9H3/t20?,27-,36-/m0/s1. The number of carbonyl (C=O) groups is 1. The number of aliphatic imine (C=N–C) groups is 1. The molecule has 0 fully saturated rings. The lowest BCUT2D eigenvalue weighted by Crippen LogP contribution is -2.59. The summed E-state index contributed by atoms with van der Waals surface area (Å²) >= 11 is 3.56. The maximum Gasteiger partial charge on any atom is 0.312 e. The summed E-state index contributed by atoms with van der Waals surface area (Å²) in [6.07, 6.45) is 1.23. The van der Waals surface area contributed by atoms with E-state index >= 15 is 4.39 Å². The Morgan fingerprint density at radius 1 is 1.22 bits per heavy atom. The zero-order chi connectivity index (χ0) is 28.0. The molecule has 0 aromatic carbocycles. The average Bonchev–Trinajstić information content (AvgIpc) is 2.80. The summed E-state index contributed by atoms with van der Waals surface area (Å²) in [4.78, 5) is 22.7. The van der Waals surface area contributed by atoms with E-state index in [1.54, 1.807) is 0 Å². The van der Waals surface area contributed by atoms with Gasteiger partial charge in [-0.2, -0.15) is 0 Å². The second kappa shape index (κ2) is 10.4. The van der Waals surface area contributed by atoms with Crippen molar-refractivity contribution in [3.8, 4) is 0 Å². The molecule has 1 aromatic rings. The number of halogens is 2. The average molecular weight is 617 g/mol. The molecular formula is C27H43BrFN3O3SSi. The van der Waals surface area contributed by atoms with Crippen molar-refractivity contribution in [3.63, 3.8) is 0 Å². The molecule has 3 rings (SSSR count). The summed E-state index contributed by atoms with van der Waals surface area (Å²) in [6.45, 7) is 17.8. The predicted molar refractivity (Wildman–Crippen MR) is 157 cm³/mol. The van der Waals surface area contributed by atoms with Crippen molar-refractivity contribution in [2.75, 3.05) is 6.54 Å². The van der Waals surface area contributed by atoms with Crippen LogP contribution in [-0.2, 0) is 24.8 Å². The Morgan fingerprint density at radius 3 is 2.35 bits per heavy atom. The van der Waals surface area contributed by atoms with Gasteiger partial charge in [0.25, 0.3) is 0 Å². The van der Waals surface area contributed by atoms with Crippen LogP contribution in [0.2, 0.25) is 18.1 Å². The highest BCUT2D eigenvalue weighted by Gasteiger charge is 2.57. The van der Waals surface area contributed by atoms with Gasteiger partial charge in [-0.05, 0) is 81.6 Å². The van der Waals surface area contributed by atoms with Crippen molar-refractivity contribution in [2.45, 2.75) is 121 Å². The van der Waals surface area contributed by atoms with Crippen LogP contribution in [0.3, 0.4) is 0 Å². The zero-order valence-corrected chi connectivity index (χ0v) is 27.2. The lowest BCUT2D eigenvalue weighted by atomic mass is 9.88. The number of carbonyl (C=O) groups excluding carboxylic acids is 1. The number of pyridine rings is 1. The van der Waals surface area contributed by atoms with E-state index in [0.717, 1.165) is 29.7 Å². The molecular weight excluding hydrogens is 573 g/mol. The minimum absolute atomic E-state index is 0.126. The van der Waals surface area contributed by atoms with Crippen LogP contribution in [0, 0.1) is 5.82 Å². The molecule has 0 radical (unpaired) electrons. The summed E-state index contributed by atoms with van der Waals surface area (Å²) in [7, 11) is -5.04. The van der Waals surface area contributed by atoms with Gasteiger partial charge >= 0.3 is 5.97 Å². The van der Waals surface area contributed by atoms with Crippen molar-refractivity contribution in [1.82, 2.24) is 4.98 Å². The molecule has 0 bridgehead atoms. The minimum atomic E-state index is -2.92. The molecule has 1 aromatic heterocycles. The third kappa shape index (κ3) is 5.23. The van der Waals surface area contributed by atoms with Gasteiger partial charge in [-0.3, -0.25) is 9.79 Å². The van der Waals surface area contributed by atoms with Gasteiger partial charge in [0.15, 0.2) is 0 Å². The first-order chi connectivity index (χ1) is 17.0. The molecule has 10 heteroatoms. The third-order valence-electron chi connectivity index (χ3n) is 8.45. The number of ether oxygens (including phenoxy) is 1. The minimum Gasteiger partial charge on any atom is -0.460 e. The number of hydrogen-bond donors (Lipinski definition) is 0. The number of nitrogens with zero attached hydrogens (tertiary/aromatic N) is 3. The van der Waals surface area contributed by atoms with E-state index in [-0.39, 0.29) is 17.9 Å². The van der Waals surface area contributed by atoms with E-state index in [1.165, 1.54) is 0 Å². The summed E-state index contributed by atoms with van der Waals surface area (Å²) < 4.78 is 41.4. The van der Waals surface area contributed by atoms with Gasteiger partial charge in [-0.1, -0.05) is 38.9 Å². The number of hydrogen-bond acceptors (Lipinski definition) is 6. The first-order valence-corrected chi connectivity index (χ1v) is 18.4. The maximum atomic E-state index is 16.7. The highest BCUT2D eigenvalue weighted by Crippen LogP contribution is 2.48. The lowest BCUT2D eigenvalue weighted by Gasteiger charge is -2.49. The van der Waals surface area contributed by atoms with Crippen LogP contribution in [0.5, 0.6) is 0 Å². The van der Waals surface area contributed by atoms with Crippen LogP contribution >= 0.6 is 15.9 Å². The Balaban J connectivity index is 2.33. The molecule has 3 heterocycles. The molecule has 0 aliphatic carbocycles. The zero-order valence-electron chi connectivity index (χ0n) is 23.8. The second-order valence-corrected chi connectivity index (χ2v) is 21.0. The van der Waals surface area contributed by atoms with Gasteiger partial charge in [-0.25, -0.2) is 17.9 Å². The third-order valence-corrected chi connectivity index (χ3v) is 18.2. The molecule has 2 aliphatic heterocycles. The Labute approximate surface area is 232 Å². The van der Waals surface area contributed by atoms with E-state index in [1.807, 2.05) is 47.6 Å². The van der Waals surface area contributed by atoms with Crippen molar-refractivity contribution in [2.24, 2.45) is 9.36 Å². The van der Waals surface area contributed by atoms with Crippen LogP contribution in [0.1, 0.15) is 87.3 Å². The van der Waals surface area contributed by atoms with E-state index in [0.29, 0.717) is 23.3 Å². The molecule has 1 unspecified atom stereocenters. The largest absolute Gasteiger partial charge is 0.460 e. The van der Waals surface area contributed by atoms with E-state index < -0.39 is 44.9 Å². The van der Waals surface area contributed by atoms with Gasteiger partial charge in [0.2, 0.25) is 0 Å². The molecule has 0 saturated heterocycles. The van der Waals surface area contributed by atoms with Gasteiger partial charge < -0.3 is 4.74 Å². The fourth-order valence-electron chi connectivity index (χ4n) is 6.00. The van der Waals surface area contributed by atoms with E-state index in [4.69, 9.17) is 14.1 Å². The molecule has 37 heavy (non-hydrogen) atoms. The Morgan fingerprint density at radius 2 is 1.81 bits per heavy atom. The molecule has 0 spiro atoms. The Kier molecular flexibility index (Phi) is 8.59. The van der Waals surface area contributed by atoms with Crippen molar-refractivity contribution >= 4 is 50.6 Å². The quantitative estimate of drug-likeness (QED) is 0.199. The molecule has 0 N–H and O–H groups in total. The van der Waals surface area contributed by atoms with Crippen molar-refractivity contribution in [3.05, 3.63) is 22.2 Å². The summed E-state index contributed by atoms with van der Waals surface area (Å²) in [5, 5.41) is 0.224. The van der Waals surface area contributed by atoms with Crippen LogP contribution in [0.15, 0.2) is 20.0 Å². The van der Waals surface area contributed by atoms with Crippen LogP contribution in [0.4, 0.5) is 4.39 Å². The normalized spacial score (nSPS) is 27.6. The predicted octanol–water partition coefficient (Wildman–Crippen LogP) is 6.51. The topological polar surface area (TPSA) is 81.0 Å². The Bertz CT molecular complexity index is 1210.